The Kier molecular flexibility index (Phi) is 8.57. The highest BCUT2D eigenvalue weighted by atomic mass is 35.5. The highest BCUT2D eigenvalue weighted by Gasteiger charge is 2.24. The standard InChI is InChI=1S/C16H25N3.2ClH/c1-2-14(12-17-8-1)5-9-19-10-6-16(7-11-19)18-13-15-3-4-15;;/h1-2,8,12,15-16,18H,3-7,9-11,13H2;2*1H. The number of pyridine rings is 1. The summed E-state index contributed by atoms with van der Waals surface area (Å²) in [6, 6.07) is 4.98. The molecule has 0 bridgehead atoms. The fourth-order valence-corrected chi connectivity index (χ4v) is 2.85. The second-order valence-electron chi connectivity index (χ2n) is 6.08. The molecule has 3 rings (SSSR count). The van der Waals surface area contributed by atoms with Crippen LogP contribution in [0.2, 0.25) is 0 Å². The largest absolute Gasteiger partial charge is 0.314 e. The number of aromatic nitrogens is 1. The van der Waals surface area contributed by atoms with E-state index in [9.17, 15) is 0 Å². The number of hydrogen-bond acceptors (Lipinski definition) is 3. The quantitative estimate of drug-likeness (QED) is 0.868. The third-order valence-corrected chi connectivity index (χ3v) is 4.42. The minimum absolute atomic E-state index is 0. The Morgan fingerprint density at radius 3 is 2.52 bits per heavy atom. The lowest BCUT2D eigenvalue weighted by molar-refractivity contribution is 0.199. The van der Waals surface area contributed by atoms with Crippen molar-refractivity contribution in [1.82, 2.24) is 15.2 Å². The van der Waals surface area contributed by atoms with Gasteiger partial charge in [0.15, 0.2) is 0 Å². The molecule has 2 fully saturated rings. The number of hydrogen-bond donors (Lipinski definition) is 1. The summed E-state index contributed by atoms with van der Waals surface area (Å²) in [4.78, 5) is 6.78. The van der Waals surface area contributed by atoms with Crippen LogP contribution in [0.3, 0.4) is 0 Å². The van der Waals surface area contributed by atoms with Crippen molar-refractivity contribution in [2.75, 3.05) is 26.2 Å². The molecule has 1 aromatic rings. The van der Waals surface area contributed by atoms with Crippen LogP contribution in [0, 0.1) is 5.92 Å². The molecule has 120 valence electrons. The van der Waals surface area contributed by atoms with Crippen LogP contribution in [-0.2, 0) is 6.42 Å². The maximum Gasteiger partial charge on any atom is 0.0300 e. The molecule has 1 N–H and O–H groups in total. The molecule has 1 aromatic heterocycles. The van der Waals surface area contributed by atoms with Crippen LogP contribution in [0.25, 0.3) is 0 Å². The number of nitrogens with zero attached hydrogens (tertiary/aromatic N) is 2. The molecule has 2 heterocycles. The van der Waals surface area contributed by atoms with Crippen molar-refractivity contribution in [3.8, 4) is 0 Å². The fraction of sp³-hybridized carbons (Fsp3) is 0.688. The minimum atomic E-state index is 0. The van der Waals surface area contributed by atoms with Gasteiger partial charge in [-0.25, -0.2) is 0 Å². The smallest absolute Gasteiger partial charge is 0.0300 e. The van der Waals surface area contributed by atoms with E-state index in [0.29, 0.717) is 0 Å². The monoisotopic (exact) mass is 331 g/mol. The number of piperidine rings is 1. The van der Waals surface area contributed by atoms with Gasteiger partial charge in [-0.3, -0.25) is 4.98 Å². The second kappa shape index (κ2) is 9.62. The molecule has 3 nitrogen and oxygen atoms in total. The number of nitrogens with one attached hydrogen (secondary N) is 1. The first-order valence-electron chi connectivity index (χ1n) is 7.75. The fourth-order valence-electron chi connectivity index (χ4n) is 2.85. The van der Waals surface area contributed by atoms with Gasteiger partial charge in [0.2, 0.25) is 0 Å². The molecule has 1 aliphatic heterocycles. The predicted octanol–water partition coefficient (Wildman–Crippen LogP) is 2.93. The molecule has 1 saturated heterocycles. The second-order valence-corrected chi connectivity index (χ2v) is 6.08. The Morgan fingerprint density at radius 2 is 1.90 bits per heavy atom. The van der Waals surface area contributed by atoms with Crippen molar-refractivity contribution in [2.45, 2.75) is 38.1 Å². The molecule has 1 aliphatic carbocycles. The average molecular weight is 332 g/mol. The molecule has 0 atom stereocenters. The highest BCUT2D eigenvalue weighted by Crippen LogP contribution is 2.28. The van der Waals surface area contributed by atoms with Crippen molar-refractivity contribution in [3.05, 3.63) is 30.1 Å². The van der Waals surface area contributed by atoms with E-state index in [2.05, 4.69) is 21.3 Å². The topological polar surface area (TPSA) is 28.2 Å². The molecule has 0 unspecified atom stereocenters. The summed E-state index contributed by atoms with van der Waals surface area (Å²) < 4.78 is 0. The molecule has 1 saturated carbocycles. The Bertz CT molecular complexity index is 376. The summed E-state index contributed by atoms with van der Waals surface area (Å²) in [5.74, 6) is 1.00. The van der Waals surface area contributed by atoms with Gasteiger partial charge in [-0.15, -0.1) is 24.8 Å². The zero-order valence-corrected chi connectivity index (χ0v) is 14.2. The first-order valence-corrected chi connectivity index (χ1v) is 7.75. The first kappa shape index (κ1) is 18.7. The molecule has 0 aromatic carbocycles. The van der Waals surface area contributed by atoms with E-state index in [0.717, 1.165) is 18.4 Å². The van der Waals surface area contributed by atoms with Crippen molar-refractivity contribution < 1.29 is 0 Å². The van der Waals surface area contributed by atoms with E-state index in [1.165, 1.54) is 57.4 Å². The maximum absolute atomic E-state index is 4.18. The zero-order chi connectivity index (χ0) is 12.9. The van der Waals surface area contributed by atoms with Crippen molar-refractivity contribution in [3.63, 3.8) is 0 Å². The summed E-state index contributed by atoms with van der Waals surface area (Å²) in [6.45, 7) is 4.95. The lowest BCUT2D eigenvalue weighted by Crippen LogP contribution is -2.43. The van der Waals surface area contributed by atoms with Gasteiger partial charge in [0, 0.05) is 25.0 Å². The van der Waals surface area contributed by atoms with Crippen molar-refractivity contribution in [2.24, 2.45) is 5.92 Å². The lowest BCUT2D eigenvalue weighted by atomic mass is 10.0. The SMILES string of the molecule is Cl.Cl.c1cncc(CCN2CCC(NCC3CC3)CC2)c1. The van der Waals surface area contributed by atoms with Gasteiger partial charge in [0.05, 0.1) is 0 Å². The van der Waals surface area contributed by atoms with Gasteiger partial charge in [-0.2, -0.15) is 0 Å². The van der Waals surface area contributed by atoms with Crippen LogP contribution >= 0.6 is 24.8 Å². The van der Waals surface area contributed by atoms with Gasteiger partial charge in [-0.05, 0) is 69.3 Å². The summed E-state index contributed by atoms with van der Waals surface area (Å²) in [5.41, 5.74) is 1.36. The Hall–Kier alpha value is -0.350. The summed E-state index contributed by atoms with van der Waals surface area (Å²) in [5, 5.41) is 3.74. The Balaban J connectivity index is 0.00000110. The van der Waals surface area contributed by atoms with Gasteiger partial charge in [0.25, 0.3) is 0 Å². The predicted molar refractivity (Wildman–Crippen MR) is 92.6 cm³/mol. The maximum atomic E-state index is 4.18. The summed E-state index contributed by atoms with van der Waals surface area (Å²) >= 11 is 0. The molecule has 2 aliphatic rings. The van der Waals surface area contributed by atoms with Gasteiger partial charge >= 0.3 is 0 Å². The minimum Gasteiger partial charge on any atom is -0.314 e. The van der Waals surface area contributed by atoms with Crippen molar-refractivity contribution >= 4 is 24.8 Å². The van der Waals surface area contributed by atoms with E-state index >= 15 is 0 Å². The van der Waals surface area contributed by atoms with Crippen LogP contribution < -0.4 is 5.32 Å². The Morgan fingerprint density at radius 1 is 1.14 bits per heavy atom. The van der Waals surface area contributed by atoms with Crippen LogP contribution in [0.15, 0.2) is 24.5 Å². The summed E-state index contributed by atoms with van der Waals surface area (Å²) in [7, 11) is 0. The van der Waals surface area contributed by atoms with Crippen LogP contribution in [0.1, 0.15) is 31.2 Å². The average Bonchev–Trinajstić information content (AvgIpc) is 3.29. The van der Waals surface area contributed by atoms with E-state index < -0.39 is 0 Å². The first-order chi connectivity index (χ1) is 9.40. The molecular formula is C16H27Cl2N3. The molecule has 0 radical (unpaired) electrons. The molecule has 5 heteroatoms. The zero-order valence-electron chi connectivity index (χ0n) is 12.5. The van der Waals surface area contributed by atoms with Crippen LogP contribution in [-0.4, -0.2) is 42.1 Å². The van der Waals surface area contributed by atoms with Crippen molar-refractivity contribution in [1.29, 1.82) is 0 Å². The molecular weight excluding hydrogens is 305 g/mol. The van der Waals surface area contributed by atoms with Gasteiger partial charge in [-0.1, -0.05) is 6.07 Å². The van der Waals surface area contributed by atoms with E-state index in [1.807, 2.05) is 18.5 Å². The van der Waals surface area contributed by atoms with Crippen LogP contribution in [0.5, 0.6) is 0 Å². The molecule has 0 amide bonds. The number of rotatable bonds is 6. The van der Waals surface area contributed by atoms with Gasteiger partial charge in [0.1, 0.15) is 0 Å². The molecule has 0 spiro atoms. The van der Waals surface area contributed by atoms with E-state index in [-0.39, 0.29) is 24.8 Å². The van der Waals surface area contributed by atoms with E-state index in [1.54, 1.807) is 0 Å². The van der Waals surface area contributed by atoms with Gasteiger partial charge < -0.3 is 10.2 Å². The third kappa shape index (κ3) is 6.52. The summed E-state index contributed by atoms with van der Waals surface area (Å²) in [6.07, 6.45) is 10.5. The highest BCUT2D eigenvalue weighted by molar-refractivity contribution is 5.85. The number of halogens is 2. The molecule has 21 heavy (non-hydrogen) atoms. The lowest BCUT2D eigenvalue weighted by Gasteiger charge is -2.32. The third-order valence-electron chi connectivity index (χ3n) is 4.42. The van der Waals surface area contributed by atoms with Crippen LogP contribution in [0.4, 0.5) is 0 Å². The van der Waals surface area contributed by atoms with E-state index in [4.69, 9.17) is 0 Å². The Labute approximate surface area is 140 Å². The number of likely N-dealkylation sites (tertiary alicyclic amines) is 1. The normalized spacial score (nSPS) is 19.6.